The van der Waals surface area contributed by atoms with Crippen LogP contribution in [0.5, 0.6) is 0 Å². The maximum Gasteiger partial charge on any atom is 0.412 e. The summed E-state index contributed by atoms with van der Waals surface area (Å²) in [5.74, 6) is 5.83. The number of aromatic nitrogens is 2. The normalized spacial score (nSPS) is 10.5. The highest BCUT2D eigenvalue weighted by atomic mass is 16.6. The molecular weight excluding hydrogens is 302 g/mol. The number of anilines is 1. The molecule has 0 atom stereocenters. The SMILES string of the molecule is CC#Cc1cncc(-c2ccc(NC(=O)OC(C)(C)C)c(C)n2)c1. The number of amides is 1. The predicted octanol–water partition coefficient (Wildman–Crippen LogP) is 4.17. The Morgan fingerprint density at radius 1 is 1.25 bits per heavy atom. The molecule has 0 saturated carbocycles. The van der Waals surface area contributed by atoms with Crippen molar-refractivity contribution in [3.05, 3.63) is 41.9 Å². The van der Waals surface area contributed by atoms with Crippen LogP contribution in [-0.4, -0.2) is 21.7 Å². The van der Waals surface area contributed by atoms with E-state index in [-0.39, 0.29) is 0 Å². The highest BCUT2D eigenvalue weighted by molar-refractivity contribution is 5.85. The van der Waals surface area contributed by atoms with Gasteiger partial charge in [0.1, 0.15) is 5.60 Å². The Bertz CT molecular complexity index is 811. The van der Waals surface area contributed by atoms with Gasteiger partial charge >= 0.3 is 6.09 Å². The Kier molecular flexibility index (Phi) is 5.20. The topological polar surface area (TPSA) is 64.1 Å². The molecule has 0 saturated heterocycles. The second-order valence-corrected chi connectivity index (χ2v) is 6.29. The molecule has 0 unspecified atom stereocenters. The molecule has 2 aromatic heterocycles. The highest BCUT2D eigenvalue weighted by Crippen LogP contribution is 2.22. The van der Waals surface area contributed by atoms with Gasteiger partial charge in [-0.2, -0.15) is 0 Å². The van der Waals surface area contributed by atoms with Crippen molar-refractivity contribution in [1.29, 1.82) is 0 Å². The third kappa shape index (κ3) is 4.82. The average molecular weight is 323 g/mol. The number of carbonyl (C=O) groups is 1. The lowest BCUT2D eigenvalue weighted by Crippen LogP contribution is -2.27. The van der Waals surface area contributed by atoms with Crippen LogP contribution in [0.25, 0.3) is 11.3 Å². The van der Waals surface area contributed by atoms with Crippen LogP contribution in [-0.2, 0) is 4.74 Å². The Labute approximate surface area is 142 Å². The van der Waals surface area contributed by atoms with Crippen LogP contribution < -0.4 is 5.32 Å². The summed E-state index contributed by atoms with van der Waals surface area (Å²) in [4.78, 5) is 20.6. The first-order valence-electron chi connectivity index (χ1n) is 7.64. The van der Waals surface area contributed by atoms with Crippen molar-refractivity contribution in [3.8, 4) is 23.1 Å². The van der Waals surface area contributed by atoms with Crippen LogP contribution in [0.4, 0.5) is 10.5 Å². The summed E-state index contributed by atoms with van der Waals surface area (Å²) in [7, 11) is 0. The average Bonchev–Trinajstić information content (AvgIpc) is 2.48. The summed E-state index contributed by atoms with van der Waals surface area (Å²) in [6.07, 6.45) is 2.96. The molecule has 2 heterocycles. The van der Waals surface area contributed by atoms with Gasteiger partial charge in [-0.1, -0.05) is 5.92 Å². The standard InChI is InChI=1S/C19H21N3O2/c1-6-7-14-10-15(12-20-11-14)17-9-8-16(13(2)21-17)22-18(23)24-19(3,4)5/h8-12H,1-5H3,(H,22,23). The lowest BCUT2D eigenvalue weighted by atomic mass is 10.1. The first-order chi connectivity index (χ1) is 11.3. The smallest absolute Gasteiger partial charge is 0.412 e. The number of pyridine rings is 2. The summed E-state index contributed by atoms with van der Waals surface area (Å²) in [6.45, 7) is 9.07. The second kappa shape index (κ2) is 7.14. The number of rotatable bonds is 2. The zero-order valence-corrected chi connectivity index (χ0v) is 14.6. The predicted molar refractivity (Wildman–Crippen MR) is 94.6 cm³/mol. The van der Waals surface area contributed by atoms with Gasteiger partial charge in [-0.3, -0.25) is 15.3 Å². The zero-order valence-electron chi connectivity index (χ0n) is 14.6. The third-order valence-electron chi connectivity index (χ3n) is 3.02. The van der Waals surface area contributed by atoms with Crippen LogP contribution in [0.3, 0.4) is 0 Å². The molecule has 5 nitrogen and oxygen atoms in total. The lowest BCUT2D eigenvalue weighted by molar-refractivity contribution is 0.0635. The molecule has 124 valence electrons. The Hall–Kier alpha value is -2.87. The van der Waals surface area contributed by atoms with Gasteiger partial charge in [0.2, 0.25) is 0 Å². The monoisotopic (exact) mass is 323 g/mol. The van der Waals surface area contributed by atoms with Crippen LogP contribution in [0.15, 0.2) is 30.6 Å². The van der Waals surface area contributed by atoms with Gasteiger partial charge in [0.05, 0.1) is 17.1 Å². The van der Waals surface area contributed by atoms with Crippen LogP contribution in [0.2, 0.25) is 0 Å². The van der Waals surface area contributed by atoms with Gasteiger partial charge < -0.3 is 4.74 Å². The van der Waals surface area contributed by atoms with Crippen molar-refractivity contribution in [2.24, 2.45) is 0 Å². The first-order valence-corrected chi connectivity index (χ1v) is 7.64. The lowest BCUT2D eigenvalue weighted by Gasteiger charge is -2.20. The van der Waals surface area contributed by atoms with Crippen molar-refractivity contribution in [2.75, 3.05) is 5.32 Å². The number of nitrogens with zero attached hydrogens (tertiary/aromatic N) is 2. The van der Waals surface area contributed by atoms with Gasteiger partial charge in [-0.15, -0.1) is 5.92 Å². The minimum atomic E-state index is -0.544. The molecule has 0 spiro atoms. The molecule has 2 rings (SSSR count). The van der Waals surface area contributed by atoms with Crippen LogP contribution in [0.1, 0.15) is 39.0 Å². The number of carbonyl (C=O) groups excluding carboxylic acids is 1. The Morgan fingerprint density at radius 3 is 2.62 bits per heavy atom. The van der Waals surface area contributed by atoms with E-state index in [1.54, 1.807) is 25.4 Å². The van der Waals surface area contributed by atoms with Crippen molar-refractivity contribution in [2.45, 2.75) is 40.2 Å². The van der Waals surface area contributed by atoms with E-state index in [9.17, 15) is 4.79 Å². The largest absolute Gasteiger partial charge is 0.444 e. The summed E-state index contributed by atoms with van der Waals surface area (Å²) >= 11 is 0. The number of ether oxygens (including phenoxy) is 1. The molecule has 5 heteroatoms. The van der Waals surface area contributed by atoms with Crippen molar-refractivity contribution in [1.82, 2.24) is 9.97 Å². The van der Waals surface area contributed by atoms with Crippen molar-refractivity contribution < 1.29 is 9.53 Å². The summed E-state index contributed by atoms with van der Waals surface area (Å²) in [5, 5.41) is 2.72. The van der Waals surface area contributed by atoms with Gasteiger partial charge in [-0.05, 0) is 52.8 Å². The maximum absolute atomic E-state index is 11.9. The van der Waals surface area contributed by atoms with Gasteiger partial charge in [-0.25, -0.2) is 4.79 Å². The summed E-state index contributed by atoms with van der Waals surface area (Å²) in [5.41, 5.74) is 3.26. The number of aryl methyl sites for hydroxylation is 1. The van der Waals surface area contributed by atoms with Crippen molar-refractivity contribution >= 4 is 11.8 Å². The fourth-order valence-corrected chi connectivity index (χ4v) is 2.06. The van der Waals surface area contributed by atoms with Gasteiger partial charge in [0.25, 0.3) is 0 Å². The van der Waals surface area contributed by atoms with E-state index in [1.807, 2.05) is 39.8 Å². The molecule has 0 radical (unpaired) electrons. The molecule has 0 aliphatic rings. The van der Waals surface area contributed by atoms with E-state index < -0.39 is 11.7 Å². The molecule has 0 bridgehead atoms. The van der Waals surface area contributed by atoms with Crippen LogP contribution in [0, 0.1) is 18.8 Å². The summed E-state index contributed by atoms with van der Waals surface area (Å²) in [6, 6.07) is 5.58. The molecule has 0 aliphatic carbocycles. The van der Waals surface area contributed by atoms with Crippen LogP contribution >= 0.6 is 0 Å². The van der Waals surface area contributed by atoms with Gasteiger partial charge in [0.15, 0.2) is 0 Å². The van der Waals surface area contributed by atoms with E-state index in [4.69, 9.17) is 4.74 Å². The minimum absolute atomic E-state index is 0.498. The quantitative estimate of drug-likeness (QED) is 0.842. The summed E-state index contributed by atoms with van der Waals surface area (Å²) < 4.78 is 5.25. The molecule has 0 aliphatic heterocycles. The van der Waals surface area contributed by atoms with Crippen molar-refractivity contribution in [3.63, 3.8) is 0 Å². The molecule has 0 aromatic carbocycles. The second-order valence-electron chi connectivity index (χ2n) is 6.29. The molecular formula is C19H21N3O2. The molecule has 2 aromatic rings. The van der Waals surface area contributed by atoms with Gasteiger partial charge in [0, 0.05) is 23.5 Å². The number of hydrogen-bond donors (Lipinski definition) is 1. The zero-order chi connectivity index (χ0) is 17.7. The number of nitrogens with one attached hydrogen (secondary N) is 1. The van der Waals surface area contributed by atoms with E-state index in [2.05, 4.69) is 27.1 Å². The Balaban J connectivity index is 2.22. The van der Waals surface area contributed by atoms with E-state index in [0.717, 1.165) is 16.8 Å². The minimum Gasteiger partial charge on any atom is -0.444 e. The van der Waals surface area contributed by atoms with E-state index in [0.29, 0.717) is 11.4 Å². The Morgan fingerprint density at radius 2 is 2.00 bits per heavy atom. The fourth-order valence-electron chi connectivity index (χ4n) is 2.06. The molecule has 1 N–H and O–H groups in total. The maximum atomic E-state index is 11.9. The number of hydrogen-bond acceptors (Lipinski definition) is 4. The molecule has 1 amide bonds. The fraction of sp³-hybridized carbons (Fsp3) is 0.316. The third-order valence-corrected chi connectivity index (χ3v) is 3.02. The van der Waals surface area contributed by atoms with E-state index >= 15 is 0 Å². The van der Waals surface area contributed by atoms with E-state index in [1.165, 1.54) is 0 Å². The molecule has 0 fully saturated rings. The molecule has 24 heavy (non-hydrogen) atoms. The highest BCUT2D eigenvalue weighted by Gasteiger charge is 2.17. The first kappa shape index (κ1) is 17.5.